The van der Waals surface area contributed by atoms with Crippen molar-refractivity contribution >= 4 is 33.9 Å². The van der Waals surface area contributed by atoms with Crippen LogP contribution in [0.3, 0.4) is 0 Å². The summed E-state index contributed by atoms with van der Waals surface area (Å²) in [5.74, 6) is -0.793. The van der Waals surface area contributed by atoms with Crippen LogP contribution in [0.5, 0.6) is 5.75 Å². The van der Waals surface area contributed by atoms with Crippen LogP contribution in [-0.2, 0) is 9.59 Å². The Labute approximate surface area is 190 Å². The number of aromatic nitrogens is 2. The molecule has 1 fully saturated rings. The van der Waals surface area contributed by atoms with E-state index in [4.69, 9.17) is 4.74 Å². The fourth-order valence-electron chi connectivity index (χ4n) is 3.70. The molecule has 1 aromatic heterocycles. The third-order valence-electron chi connectivity index (χ3n) is 5.45. The normalized spacial score (nSPS) is 17.9. The molecule has 0 bridgehead atoms. The number of carbonyl (C=O) groups excluding carboxylic acids is 2. The molecule has 0 spiro atoms. The number of rotatable bonds is 5. The number of methoxy groups -OCH3 is 1. The number of anilines is 1. The molecule has 3 aromatic rings. The first-order valence-electron chi connectivity index (χ1n) is 10.2. The van der Waals surface area contributed by atoms with Crippen molar-refractivity contribution in [2.24, 2.45) is 0 Å². The van der Waals surface area contributed by atoms with Gasteiger partial charge in [0.05, 0.1) is 18.7 Å². The summed E-state index contributed by atoms with van der Waals surface area (Å²) >= 11 is 1.22. The first kappa shape index (κ1) is 21.7. The van der Waals surface area contributed by atoms with Gasteiger partial charge in [-0.1, -0.05) is 49.4 Å². The van der Waals surface area contributed by atoms with Crippen molar-refractivity contribution in [1.82, 2.24) is 10.2 Å². The van der Waals surface area contributed by atoms with Crippen molar-refractivity contribution < 1.29 is 19.4 Å². The van der Waals surface area contributed by atoms with E-state index in [9.17, 15) is 14.7 Å². The van der Waals surface area contributed by atoms with Crippen LogP contribution in [0.4, 0.5) is 5.13 Å². The van der Waals surface area contributed by atoms with Crippen LogP contribution in [0.15, 0.2) is 54.1 Å². The predicted octanol–water partition coefficient (Wildman–Crippen LogP) is 4.60. The van der Waals surface area contributed by atoms with Gasteiger partial charge in [-0.05, 0) is 48.2 Å². The third-order valence-corrected chi connectivity index (χ3v) is 6.29. The standard InChI is InChI=1S/C24H23N3O4S/c1-13(2)15-5-7-16(8-6-15)20-19(21(28)17-9-11-18(31-4)12-10-17)22(29)23(30)27(20)24-26-25-14(3)32-24/h5-13,20,28H,1-4H3/b21-19+/t20-/m0/s1. The second-order valence-corrected chi connectivity index (χ2v) is 8.98. The highest BCUT2D eigenvalue weighted by Crippen LogP contribution is 2.43. The maximum Gasteiger partial charge on any atom is 0.301 e. The lowest BCUT2D eigenvalue weighted by atomic mass is 9.93. The zero-order valence-electron chi connectivity index (χ0n) is 18.2. The molecule has 2 aromatic carbocycles. The molecule has 1 atom stereocenters. The molecule has 0 aliphatic carbocycles. The molecule has 2 heterocycles. The van der Waals surface area contributed by atoms with E-state index >= 15 is 0 Å². The second-order valence-electron chi connectivity index (χ2n) is 7.82. The number of aryl methyl sites for hydroxylation is 1. The molecule has 32 heavy (non-hydrogen) atoms. The quantitative estimate of drug-likeness (QED) is 0.348. The average Bonchev–Trinajstić information content (AvgIpc) is 3.34. The number of carbonyl (C=O) groups is 2. The Kier molecular flexibility index (Phi) is 5.80. The fourth-order valence-corrected chi connectivity index (χ4v) is 4.41. The van der Waals surface area contributed by atoms with Crippen molar-refractivity contribution in [2.75, 3.05) is 12.0 Å². The summed E-state index contributed by atoms with van der Waals surface area (Å²) in [6.07, 6.45) is 0. The summed E-state index contributed by atoms with van der Waals surface area (Å²) in [7, 11) is 1.55. The number of hydrogen-bond acceptors (Lipinski definition) is 7. The lowest BCUT2D eigenvalue weighted by Gasteiger charge is -2.23. The molecule has 1 aliphatic heterocycles. The minimum atomic E-state index is -0.814. The predicted molar refractivity (Wildman–Crippen MR) is 123 cm³/mol. The Bertz CT molecular complexity index is 1200. The number of ketones is 1. The molecular formula is C24H23N3O4S. The van der Waals surface area contributed by atoms with Crippen LogP contribution < -0.4 is 9.64 Å². The number of benzene rings is 2. The molecule has 1 aliphatic rings. The van der Waals surface area contributed by atoms with E-state index in [0.29, 0.717) is 32.9 Å². The first-order chi connectivity index (χ1) is 15.3. The Morgan fingerprint density at radius 1 is 1.06 bits per heavy atom. The summed E-state index contributed by atoms with van der Waals surface area (Å²) < 4.78 is 5.17. The average molecular weight is 450 g/mol. The van der Waals surface area contributed by atoms with Crippen molar-refractivity contribution in [3.05, 3.63) is 75.8 Å². The Morgan fingerprint density at radius 2 is 1.72 bits per heavy atom. The molecule has 7 nitrogen and oxygen atoms in total. The number of aliphatic hydroxyl groups excluding tert-OH is 1. The molecule has 0 saturated carbocycles. The number of nitrogens with zero attached hydrogens (tertiary/aromatic N) is 3. The molecular weight excluding hydrogens is 426 g/mol. The highest BCUT2D eigenvalue weighted by atomic mass is 32.1. The molecule has 4 rings (SSSR count). The maximum atomic E-state index is 13.1. The molecule has 1 N–H and O–H groups in total. The molecule has 8 heteroatoms. The highest BCUT2D eigenvalue weighted by molar-refractivity contribution is 7.15. The Morgan fingerprint density at radius 3 is 2.25 bits per heavy atom. The van der Waals surface area contributed by atoms with E-state index < -0.39 is 17.7 Å². The topological polar surface area (TPSA) is 92.6 Å². The monoisotopic (exact) mass is 449 g/mol. The zero-order valence-corrected chi connectivity index (χ0v) is 19.0. The fraction of sp³-hybridized carbons (Fsp3) is 0.250. The molecule has 1 amide bonds. The number of aliphatic hydroxyl groups is 1. The molecule has 1 saturated heterocycles. The maximum absolute atomic E-state index is 13.1. The zero-order chi connectivity index (χ0) is 23.0. The van der Waals surface area contributed by atoms with E-state index in [1.165, 1.54) is 16.2 Å². The lowest BCUT2D eigenvalue weighted by molar-refractivity contribution is -0.132. The summed E-state index contributed by atoms with van der Waals surface area (Å²) in [6.45, 7) is 5.96. The minimum absolute atomic E-state index is 0.0188. The number of amides is 1. The first-order valence-corrected chi connectivity index (χ1v) is 11.0. The van der Waals surface area contributed by atoms with Crippen LogP contribution in [0.1, 0.15) is 47.5 Å². The van der Waals surface area contributed by atoms with Gasteiger partial charge in [0.15, 0.2) is 0 Å². The van der Waals surface area contributed by atoms with Gasteiger partial charge < -0.3 is 9.84 Å². The SMILES string of the molecule is COc1ccc(/C(O)=C2\C(=O)C(=O)N(c3nnc(C)s3)[C@H]2c2ccc(C(C)C)cc2)cc1. The van der Waals surface area contributed by atoms with Gasteiger partial charge in [-0.15, -0.1) is 10.2 Å². The van der Waals surface area contributed by atoms with Crippen LogP contribution in [-0.4, -0.2) is 34.1 Å². The van der Waals surface area contributed by atoms with Gasteiger partial charge >= 0.3 is 5.91 Å². The van der Waals surface area contributed by atoms with Crippen molar-refractivity contribution in [3.8, 4) is 5.75 Å². The minimum Gasteiger partial charge on any atom is -0.507 e. The van der Waals surface area contributed by atoms with Gasteiger partial charge in [-0.25, -0.2) is 0 Å². The summed E-state index contributed by atoms with van der Waals surface area (Å²) in [5.41, 5.74) is 2.27. The van der Waals surface area contributed by atoms with E-state index in [-0.39, 0.29) is 11.3 Å². The van der Waals surface area contributed by atoms with E-state index in [1.807, 2.05) is 24.3 Å². The lowest BCUT2D eigenvalue weighted by Crippen LogP contribution is -2.29. The van der Waals surface area contributed by atoms with Crippen LogP contribution >= 0.6 is 11.3 Å². The van der Waals surface area contributed by atoms with Crippen molar-refractivity contribution in [1.29, 1.82) is 0 Å². The van der Waals surface area contributed by atoms with Crippen LogP contribution in [0, 0.1) is 6.92 Å². The van der Waals surface area contributed by atoms with Gasteiger partial charge in [0.25, 0.3) is 5.78 Å². The Balaban J connectivity index is 1.89. The highest BCUT2D eigenvalue weighted by Gasteiger charge is 2.48. The van der Waals surface area contributed by atoms with Crippen LogP contribution in [0.25, 0.3) is 5.76 Å². The van der Waals surface area contributed by atoms with E-state index in [0.717, 1.165) is 5.56 Å². The van der Waals surface area contributed by atoms with Gasteiger partial charge in [0.1, 0.15) is 16.5 Å². The number of ether oxygens (including phenoxy) is 1. The number of hydrogen-bond donors (Lipinski definition) is 1. The largest absolute Gasteiger partial charge is 0.507 e. The summed E-state index contributed by atoms with van der Waals surface area (Å²) in [6, 6.07) is 13.6. The van der Waals surface area contributed by atoms with E-state index in [2.05, 4.69) is 24.0 Å². The van der Waals surface area contributed by atoms with Gasteiger partial charge in [-0.3, -0.25) is 14.5 Å². The van der Waals surface area contributed by atoms with Gasteiger partial charge in [0.2, 0.25) is 5.13 Å². The third kappa shape index (κ3) is 3.78. The molecule has 164 valence electrons. The van der Waals surface area contributed by atoms with Crippen molar-refractivity contribution in [2.45, 2.75) is 32.7 Å². The molecule has 0 unspecified atom stereocenters. The van der Waals surface area contributed by atoms with Gasteiger partial charge in [-0.2, -0.15) is 0 Å². The van der Waals surface area contributed by atoms with Crippen molar-refractivity contribution in [3.63, 3.8) is 0 Å². The second kappa shape index (κ2) is 8.55. The Hall–Kier alpha value is -3.52. The number of Topliss-reactive ketones (excluding diaryl/α,β-unsaturated/α-hetero) is 1. The summed E-state index contributed by atoms with van der Waals surface area (Å²) in [4.78, 5) is 27.5. The van der Waals surface area contributed by atoms with Gasteiger partial charge in [0, 0.05) is 5.56 Å². The smallest absolute Gasteiger partial charge is 0.301 e. The van der Waals surface area contributed by atoms with Crippen LogP contribution in [0.2, 0.25) is 0 Å². The molecule has 0 radical (unpaired) electrons. The van der Waals surface area contributed by atoms with E-state index in [1.54, 1.807) is 38.3 Å². The summed E-state index contributed by atoms with van der Waals surface area (Å²) in [5, 5.41) is 20.2.